The maximum Gasteiger partial charge on any atom is 0.130 e. The van der Waals surface area contributed by atoms with Crippen molar-refractivity contribution in [2.45, 2.75) is 13.3 Å². The number of rotatable bonds is 1. The van der Waals surface area contributed by atoms with Crippen molar-refractivity contribution in [1.82, 2.24) is 0 Å². The average Bonchev–Trinajstić information content (AvgIpc) is 2.83. The number of allylic oxidation sites excluding steroid dienone is 1. The van der Waals surface area contributed by atoms with E-state index < -0.39 is 0 Å². The highest BCUT2D eigenvalue weighted by Crippen LogP contribution is 2.33. The summed E-state index contributed by atoms with van der Waals surface area (Å²) < 4.78 is 6.77. The zero-order chi connectivity index (χ0) is 11.1. The van der Waals surface area contributed by atoms with Crippen LogP contribution in [-0.2, 0) is 6.42 Å². The Bertz CT molecular complexity index is 578. The molecule has 0 unspecified atom stereocenters. The van der Waals surface area contributed by atoms with Crippen LogP contribution in [0.5, 0.6) is 0 Å². The Morgan fingerprint density at radius 2 is 2.06 bits per heavy atom. The van der Waals surface area contributed by atoms with Gasteiger partial charge in [-0.05, 0) is 54.0 Å². The first-order valence-electron chi connectivity index (χ1n) is 5.28. The summed E-state index contributed by atoms with van der Waals surface area (Å²) in [5, 5.41) is 0. The molecule has 80 valence electrons. The number of fused-ring (bicyclic) bond motifs is 1. The molecule has 0 saturated carbocycles. The lowest BCUT2D eigenvalue weighted by molar-refractivity contribution is 0.521. The number of hydrogen-bond acceptors (Lipinski definition) is 1. The molecule has 0 spiro atoms. The molecular weight excluding hydrogens is 264 g/mol. The van der Waals surface area contributed by atoms with Gasteiger partial charge in [-0.2, -0.15) is 0 Å². The van der Waals surface area contributed by atoms with E-state index in [0.29, 0.717) is 0 Å². The summed E-state index contributed by atoms with van der Waals surface area (Å²) in [6.45, 7) is 1.97. The van der Waals surface area contributed by atoms with Crippen LogP contribution in [0, 0.1) is 6.92 Å². The van der Waals surface area contributed by atoms with Gasteiger partial charge in [0, 0.05) is 10.9 Å². The molecule has 2 aromatic rings. The number of halogens is 1. The number of aryl methyl sites for hydroxylation is 1. The fraction of sp³-hybridized carbons (Fsp3) is 0.143. The van der Waals surface area contributed by atoms with Crippen LogP contribution in [0.15, 0.2) is 39.2 Å². The van der Waals surface area contributed by atoms with Gasteiger partial charge in [0.05, 0.1) is 0 Å². The van der Waals surface area contributed by atoms with Gasteiger partial charge in [-0.15, -0.1) is 0 Å². The van der Waals surface area contributed by atoms with Crippen LogP contribution in [0.2, 0.25) is 0 Å². The maximum atomic E-state index is 5.65. The van der Waals surface area contributed by atoms with Crippen molar-refractivity contribution >= 4 is 27.6 Å². The summed E-state index contributed by atoms with van der Waals surface area (Å²) in [6, 6.07) is 10.5. The third-order valence-corrected chi connectivity index (χ3v) is 3.37. The van der Waals surface area contributed by atoms with Gasteiger partial charge in [-0.25, -0.2) is 0 Å². The molecule has 16 heavy (non-hydrogen) atoms. The SMILES string of the molecule is Cc1ccc(C2=Cc3cc(Br)ccc3C2)o1. The third kappa shape index (κ3) is 1.63. The standard InChI is InChI=1S/C14H11BrO/c1-9-2-5-14(16-9)12-6-10-3-4-13(15)8-11(10)7-12/h2-5,7-8H,6H2,1H3. The van der Waals surface area contributed by atoms with Gasteiger partial charge in [0.25, 0.3) is 0 Å². The minimum absolute atomic E-state index is 0.966. The van der Waals surface area contributed by atoms with E-state index in [0.717, 1.165) is 22.4 Å². The summed E-state index contributed by atoms with van der Waals surface area (Å²) in [5.41, 5.74) is 3.92. The van der Waals surface area contributed by atoms with E-state index in [1.807, 2.05) is 19.1 Å². The van der Waals surface area contributed by atoms with Gasteiger partial charge in [0.1, 0.15) is 11.5 Å². The lowest BCUT2D eigenvalue weighted by Crippen LogP contribution is -1.83. The van der Waals surface area contributed by atoms with Gasteiger partial charge in [0.2, 0.25) is 0 Å². The van der Waals surface area contributed by atoms with E-state index in [-0.39, 0.29) is 0 Å². The Hall–Kier alpha value is -1.28. The predicted molar refractivity (Wildman–Crippen MR) is 69.2 cm³/mol. The van der Waals surface area contributed by atoms with Crippen molar-refractivity contribution in [1.29, 1.82) is 0 Å². The van der Waals surface area contributed by atoms with E-state index in [1.165, 1.54) is 16.7 Å². The Morgan fingerprint density at radius 3 is 2.81 bits per heavy atom. The van der Waals surface area contributed by atoms with E-state index in [1.54, 1.807) is 0 Å². The summed E-state index contributed by atoms with van der Waals surface area (Å²) in [7, 11) is 0. The molecule has 0 radical (unpaired) electrons. The topological polar surface area (TPSA) is 13.1 Å². The summed E-state index contributed by atoms with van der Waals surface area (Å²) >= 11 is 3.49. The molecule has 0 fully saturated rings. The lowest BCUT2D eigenvalue weighted by atomic mass is 10.1. The fourth-order valence-electron chi connectivity index (χ4n) is 2.07. The van der Waals surface area contributed by atoms with Crippen LogP contribution in [0.25, 0.3) is 11.6 Å². The number of hydrogen-bond donors (Lipinski definition) is 0. The highest BCUT2D eigenvalue weighted by atomic mass is 79.9. The Labute approximate surface area is 103 Å². The first-order valence-corrected chi connectivity index (χ1v) is 6.07. The smallest absolute Gasteiger partial charge is 0.130 e. The van der Waals surface area contributed by atoms with E-state index in [4.69, 9.17) is 4.42 Å². The molecule has 0 amide bonds. The quantitative estimate of drug-likeness (QED) is 0.749. The summed E-state index contributed by atoms with van der Waals surface area (Å²) in [5.74, 6) is 1.96. The molecule has 0 saturated heterocycles. The monoisotopic (exact) mass is 274 g/mol. The van der Waals surface area contributed by atoms with Gasteiger partial charge in [-0.3, -0.25) is 0 Å². The molecule has 1 aromatic carbocycles. The largest absolute Gasteiger partial charge is 0.462 e. The molecule has 1 aliphatic carbocycles. The van der Waals surface area contributed by atoms with Crippen LogP contribution < -0.4 is 0 Å². The van der Waals surface area contributed by atoms with Crippen LogP contribution in [0.1, 0.15) is 22.6 Å². The van der Waals surface area contributed by atoms with E-state index in [9.17, 15) is 0 Å². The third-order valence-electron chi connectivity index (χ3n) is 2.88. The predicted octanol–water partition coefficient (Wildman–Crippen LogP) is 4.45. The van der Waals surface area contributed by atoms with Crippen molar-refractivity contribution in [3.63, 3.8) is 0 Å². The molecule has 0 atom stereocenters. The Balaban J connectivity index is 2.01. The molecule has 1 aromatic heterocycles. The van der Waals surface area contributed by atoms with Crippen molar-refractivity contribution in [3.8, 4) is 0 Å². The molecule has 3 rings (SSSR count). The van der Waals surface area contributed by atoms with Crippen LogP contribution in [0.4, 0.5) is 0 Å². The second kappa shape index (κ2) is 3.63. The Morgan fingerprint density at radius 1 is 1.19 bits per heavy atom. The second-order valence-electron chi connectivity index (χ2n) is 4.10. The molecule has 0 bridgehead atoms. The molecule has 1 aliphatic rings. The first-order chi connectivity index (χ1) is 7.72. The van der Waals surface area contributed by atoms with Gasteiger partial charge < -0.3 is 4.42 Å². The molecule has 2 heteroatoms. The molecule has 0 N–H and O–H groups in total. The van der Waals surface area contributed by atoms with E-state index in [2.05, 4.69) is 40.2 Å². The number of benzene rings is 1. The van der Waals surface area contributed by atoms with Crippen molar-refractivity contribution in [2.24, 2.45) is 0 Å². The lowest BCUT2D eigenvalue weighted by Gasteiger charge is -1.98. The summed E-state index contributed by atoms with van der Waals surface area (Å²) in [6.07, 6.45) is 3.17. The normalized spacial score (nSPS) is 13.8. The second-order valence-corrected chi connectivity index (χ2v) is 5.02. The minimum Gasteiger partial charge on any atom is -0.462 e. The van der Waals surface area contributed by atoms with Crippen LogP contribution in [0.3, 0.4) is 0 Å². The highest BCUT2D eigenvalue weighted by Gasteiger charge is 2.16. The minimum atomic E-state index is 0.966. The molecule has 0 aliphatic heterocycles. The molecule has 1 nitrogen and oxygen atoms in total. The zero-order valence-corrected chi connectivity index (χ0v) is 10.5. The Kier molecular flexibility index (Phi) is 2.25. The zero-order valence-electron chi connectivity index (χ0n) is 8.96. The number of furan rings is 1. The van der Waals surface area contributed by atoms with Gasteiger partial charge in [-0.1, -0.05) is 22.0 Å². The van der Waals surface area contributed by atoms with Crippen molar-refractivity contribution in [2.75, 3.05) is 0 Å². The van der Waals surface area contributed by atoms with Gasteiger partial charge >= 0.3 is 0 Å². The van der Waals surface area contributed by atoms with E-state index >= 15 is 0 Å². The summed E-state index contributed by atoms with van der Waals surface area (Å²) in [4.78, 5) is 0. The van der Waals surface area contributed by atoms with Crippen molar-refractivity contribution in [3.05, 3.63) is 57.5 Å². The van der Waals surface area contributed by atoms with Gasteiger partial charge in [0.15, 0.2) is 0 Å². The van der Waals surface area contributed by atoms with Crippen molar-refractivity contribution < 1.29 is 4.42 Å². The maximum absolute atomic E-state index is 5.65. The fourth-order valence-corrected chi connectivity index (χ4v) is 2.45. The molecular formula is C14H11BrO. The average molecular weight is 275 g/mol. The highest BCUT2D eigenvalue weighted by molar-refractivity contribution is 9.10. The molecule has 1 heterocycles. The van der Waals surface area contributed by atoms with Crippen LogP contribution in [-0.4, -0.2) is 0 Å². The first kappa shape index (κ1) is 9.91. The van der Waals surface area contributed by atoms with Crippen LogP contribution >= 0.6 is 15.9 Å².